The van der Waals surface area contributed by atoms with Gasteiger partial charge in [-0.25, -0.2) is 0 Å². The maximum Gasteiger partial charge on any atom is 0.0251 e. The van der Waals surface area contributed by atoms with Crippen molar-refractivity contribution in [1.82, 2.24) is 10.2 Å². The highest BCUT2D eigenvalue weighted by Crippen LogP contribution is 2.27. The molecule has 84 valence electrons. The van der Waals surface area contributed by atoms with Crippen LogP contribution in [0.4, 0.5) is 0 Å². The van der Waals surface area contributed by atoms with E-state index in [0.29, 0.717) is 6.04 Å². The van der Waals surface area contributed by atoms with Gasteiger partial charge < -0.3 is 5.32 Å². The Labute approximate surface area is 89.1 Å². The predicted octanol–water partition coefficient (Wildman–Crippen LogP) is 2.10. The van der Waals surface area contributed by atoms with Gasteiger partial charge in [0.05, 0.1) is 0 Å². The highest BCUT2D eigenvalue weighted by atomic mass is 15.2. The molecule has 0 heterocycles. The summed E-state index contributed by atoms with van der Waals surface area (Å²) in [6, 6.07) is 1.48. The zero-order valence-corrected chi connectivity index (χ0v) is 10.2. The normalized spacial score (nSPS) is 33.6. The van der Waals surface area contributed by atoms with Crippen LogP contribution in [0.3, 0.4) is 0 Å². The SMILES string of the molecule is CCN(CC)C1CC(C)CCC1NC. The molecule has 3 unspecified atom stereocenters. The molecular weight excluding hydrogens is 172 g/mol. The summed E-state index contributed by atoms with van der Waals surface area (Å²) in [5, 5.41) is 3.48. The third-order valence-electron chi connectivity index (χ3n) is 3.73. The smallest absolute Gasteiger partial charge is 0.0251 e. The fraction of sp³-hybridized carbons (Fsp3) is 1.00. The van der Waals surface area contributed by atoms with Gasteiger partial charge in [0.15, 0.2) is 0 Å². The van der Waals surface area contributed by atoms with Gasteiger partial charge in [-0.3, -0.25) is 4.90 Å². The van der Waals surface area contributed by atoms with Crippen LogP contribution in [-0.2, 0) is 0 Å². The minimum Gasteiger partial charge on any atom is -0.315 e. The van der Waals surface area contributed by atoms with Crippen molar-refractivity contribution in [1.29, 1.82) is 0 Å². The van der Waals surface area contributed by atoms with E-state index in [1.165, 1.54) is 32.4 Å². The third kappa shape index (κ3) is 2.71. The standard InChI is InChI=1S/C12H26N2/c1-5-14(6-2)12-9-10(3)7-8-11(12)13-4/h10-13H,5-9H2,1-4H3. The van der Waals surface area contributed by atoms with Gasteiger partial charge in [0.2, 0.25) is 0 Å². The maximum atomic E-state index is 3.48. The molecule has 0 aromatic rings. The first-order valence-electron chi connectivity index (χ1n) is 6.14. The van der Waals surface area contributed by atoms with Crippen LogP contribution >= 0.6 is 0 Å². The molecule has 1 fully saturated rings. The summed E-state index contributed by atoms with van der Waals surface area (Å²) in [5.74, 6) is 0.908. The molecule has 0 radical (unpaired) electrons. The Hall–Kier alpha value is -0.0800. The summed E-state index contributed by atoms with van der Waals surface area (Å²) in [6.07, 6.45) is 4.11. The zero-order valence-electron chi connectivity index (χ0n) is 10.2. The number of nitrogens with zero attached hydrogens (tertiary/aromatic N) is 1. The van der Waals surface area contributed by atoms with Crippen LogP contribution in [0, 0.1) is 5.92 Å². The average Bonchev–Trinajstić information content (AvgIpc) is 2.20. The lowest BCUT2D eigenvalue weighted by Gasteiger charge is -2.41. The molecule has 2 nitrogen and oxygen atoms in total. The van der Waals surface area contributed by atoms with Crippen LogP contribution in [0.5, 0.6) is 0 Å². The largest absolute Gasteiger partial charge is 0.315 e. The van der Waals surface area contributed by atoms with Gasteiger partial charge in [-0.2, -0.15) is 0 Å². The van der Waals surface area contributed by atoms with Crippen LogP contribution in [0.1, 0.15) is 40.0 Å². The molecule has 0 aromatic carbocycles. The van der Waals surface area contributed by atoms with Crippen LogP contribution in [0.2, 0.25) is 0 Å². The minimum absolute atomic E-state index is 0.714. The van der Waals surface area contributed by atoms with Crippen molar-refractivity contribution >= 4 is 0 Å². The van der Waals surface area contributed by atoms with E-state index in [2.05, 4.69) is 38.0 Å². The van der Waals surface area contributed by atoms with E-state index in [0.717, 1.165) is 12.0 Å². The van der Waals surface area contributed by atoms with Gasteiger partial charge in [-0.1, -0.05) is 20.8 Å². The van der Waals surface area contributed by atoms with Crippen molar-refractivity contribution in [2.45, 2.75) is 52.1 Å². The van der Waals surface area contributed by atoms with Crippen molar-refractivity contribution < 1.29 is 0 Å². The van der Waals surface area contributed by atoms with Crippen molar-refractivity contribution in [3.63, 3.8) is 0 Å². The highest BCUT2D eigenvalue weighted by molar-refractivity contribution is 4.88. The second-order valence-corrected chi connectivity index (χ2v) is 4.60. The van der Waals surface area contributed by atoms with Crippen molar-refractivity contribution in [3.05, 3.63) is 0 Å². The van der Waals surface area contributed by atoms with Gasteiger partial charge >= 0.3 is 0 Å². The summed E-state index contributed by atoms with van der Waals surface area (Å²) in [6.45, 7) is 9.31. The Balaban J connectivity index is 2.59. The first-order valence-corrected chi connectivity index (χ1v) is 6.14. The average molecular weight is 198 g/mol. The van der Waals surface area contributed by atoms with E-state index >= 15 is 0 Å². The van der Waals surface area contributed by atoms with Gasteiger partial charge in [0.25, 0.3) is 0 Å². The van der Waals surface area contributed by atoms with E-state index in [1.54, 1.807) is 0 Å². The lowest BCUT2D eigenvalue weighted by molar-refractivity contribution is 0.114. The molecule has 0 bridgehead atoms. The minimum atomic E-state index is 0.714. The van der Waals surface area contributed by atoms with Gasteiger partial charge in [0, 0.05) is 12.1 Å². The monoisotopic (exact) mass is 198 g/mol. The molecule has 1 saturated carbocycles. The first-order chi connectivity index (χ1) is 6.72. The molecule has 2 heteroatoms. The molecule has 1 aliphatic carbocycles. The topological polar surface area (TPSA) is 15.3 Å². The zero-order chi connectivity index (χ0) is 10.6. The summed E-state index contributed by atoms with van der Waals surface area (Å²) >= 11 is 0. The van der Waals surface area contributed by atoms with Gasteiger partial charge in [0.1, 0.15) is 0 Å². The predicted molar refractivity (Wildman–Crippen MR) is 62.6 cm³/mol. The van der Waals surface area contributed by atoms with E-state index in [-0.39, 0.29) is 0 Å². The molecule has 0 spiro atoms. The molecule has 0 saturated heterocycles. The highest BCUT2D eigenvalue weighted by Gasteiger charge is 2.30. The fourth-order valence-corrected chi connectivity index (χ4v) is 2.78. The molecule has 1 rings (SSSR count). The Bertz CT molecular complexity index is 147. The molecule has 14 heavy (non-hydrogen) atoms. The summed E-state index contributed by atoms with van der Waals surface area (Å²) in [7, 11) is 2.11. The van der Waals surface area contributed by atoms with Crippen molar-refractivity contribution in [2.75, 3.05) is 20.1 Å². The second-order valence-electron chi connectivity index (χ2n) is 4.60. The molecule has 0 amide bonds. The van der Waals surface area contributed by atoms with Crippen molar-refractivity contribution in [2.24, 2.45) is 5.92 Å². The summed E-state index contributed by atoms with van der Waals surface area (Å²) < 4.78 is 0. The van der Waals surface area contributed by atoms with Crippen LogP contribution in [0.15, 0.2) is 0 Å². The maximum absolute atomic E-state index is 3.48. The molecule has 1 N–H and O–H groups in total. The molecule has 0 aromatic heterocycles. The van der Waals surface area contributed by atoms with E-state index in [9.17, 15) is 0 Å². The van der Waals surface area contributed by atoms with E-state index in [1.807, 2.05) is 0 Å². The lowest BCUT2D eigenvalue weighted by Crippen LogP contribution is -2.52. The number of rotatable bonds is 4. The Morgan fingerprint density at radius 3 is 2.36 bits per heavy atom. The van der Waals surface area contributed by atoms with Crippen LogP contribution in [-0.4, -0.2) is 37.1 Å². The van der Waals surface area contributed by atoms with Crippen molar-refractivity contribution in [3.8, 4) is 0 Å². The lowest BCUT2D eigenvalue weighted by atomic mass is 9.82. The van der Waals surface area contributed by atoms with Crippen LogP contribution < -0.4 is 5.32 Å². The number of nitrogens with one attached hydrogen (secondary N) is 1. The van der Waals surface area contributed by atoms with Gasteiger partial charge in [-0.05, 0) is 45.3 Å². The first kappa shape index (κ1) is 12.0. The summed E-state index contributed by atoms with van der Waals surface area (Å²) in [4.78, 5) is 2.61. The number of hydrogen-bond acceptors (Lipinski definition) is 2. The third-order valence-corrected chi connectivity index (χ3v) is 3.73. The van der Waals surface area contributed by atoms with E-state index < -0.39 is 0 Å². The number of likely N-dealkylation sites (N-methyl/N-ethyl adjacent to an activating group) is 2. The second kappa shape index (κ2) is 5.72. The molecule has 0 aliphatic heterocycles. The van der Waals surface area contributed by atoms with Crippen LogP contribution in [0.25, 0.3) is 0 Å². The Morgan fingerprint density at radius 1 is 1.21 bits per heavy atom. The number of hydrogen-bond donors (Lipinski definition) is 1. The Morgan fingerprint density at radius 2 is 1.86 bits per heavy atom. The molecular formula is C12H26N2. The fourth-order valence-electron chi connectivity index (χ4n) is 2.78. The quantitative estimate of drug-likeness (QED) is 0.744. The molecule has 1 aliphatic rings. The van der Waals surface area contributed by atoms with Gasteiger partial charge in [-0.15, -0.1) is 0 Å². The summed E-state index contributed by atoms with van der Waals surface area (Å²) in [5.41, 5.74) is 0. The Kier molecular flexibility index (Phi) is 4.90. The van der Waals surface area contributed by atoms with E-state index in [4.69, 9.17) is 0 Å². The molecule has 3 atom stereocenters.